The Hall–Kier alpha value is -1.06. The average molecular weight is 340 g/mol. The number of aryl methyl sites for hydroxylation is 1. The van der Waals surface area contributed by atoms with Gasteiger partial charge in [0, 0.05) is 6.04 Å². The summed E-state index contributed by atoms with van der Waals surface area (Å²) in [7, 11) is 0. The second-order valence-electron chi connectivity index (χ2n) is 7.33. The maximum Gasteiger partial charge on any atom is 0.115 e. The van der Waals surface area contributed by atoms with Crippen LogP contribution < -0.4 is 5.73 Å². The topological polar surface area (TPSA) is 66.5 Å². The van der Waals surface area contributed by atoms with Crippen molar-refractivity contribution in [1.29, 1.82) is 0 Å². The molecule has 3 heteroatoms. The lowest BCUT2D eigenvalue weighted by atomic mass is 10.0. The summed E-state index contributed by atoms with van der Waals surface area (Å²) in [5.74, 6) is 1.71. The Morgan fingerprint density at radius 1 is 0.875 bits per heavy atom. The summed E-state index contributed by atoms with van der Waals surface area (Å²) in [6.45, 7) is 14.8. The Morgan fingerprint density at radius 3 is 1.54 bits per heavy atom. The van der Waals surface area contributed by atoms with Gasteiger partial charge in [-0.25, -0.2) is 0 Å². The predicted octanol–water partition coefficient (Wildman–Crippen LogP) is 5.27. The fourth-order valence-corrected chi connectivity index (χ4v) is 2.03. The van der Waals surface area contributed by atoms with Crippen molar-refractivity contribution in [1.82, 2.24) is 0 Å². The number of nitrogens with two attached hydrogens (primary N) is 1. The largest absolute Gasteiger partial charge is 0.508 e. The molecule has 0 aliphatic heterocycles. The minimum atomic E-state index is -0.0741. The number of hydrogen-bond acceptors (Lipinski definition) is 3. The van der Waals surface area contributed by atoms with E-state index in [1.807, 2.05) is 26.0 Å². The van der Waals surface area contributed by atoms with Gasteiger partial charge in [0.2, 0.25) is 0 Å². The maximum absolute atomic E-state index is 9.03. The fourth-order valence-electron chi connectivity index (χ4n) is 2.03. The molecule has 0 aromatic heterocycles. The summed E-state index contributed by atoms with van der Waals surface area (Å²) in [5.41, 5.74) is 6.84. The Balaban J connectivity index is 0. The number of hydrogen-bond donors (Lipinski definition) is 3. The van der Waals surface area contributed by atoms with Crippen LogP contribution in [0.5, 0.6) is 5.75 Å². The molecule has 0 aliphatic carbocycles. The van der Waals surface area contributed by atoms with Crippen molar-refractivity contribution in [3.63, 3.8) is 0 Å². The van der Waals surface area contributed by atoms with Gasteiger partial charge in [-0.2, -0.15) is 0 Å². The first-order valence-electron chi connectivity index (χ1n) is 9.31. The number of rotatable bonds is 6. The molecule has 0 aliphatic rings. The summed E-state index contributed by atoms with van der Waals surface area (Å²) >= 11 is 0. The number of aliphatic hydroxyl groups is 1. The molecular weight excluding hydrogens is 298 g/mol. The molecule has 1 rings (SSSR count). The van der Waals surface area contributed by atoms with Gasteiger partial charge in [-0.1, -0.05) is 59.2 Å². The van der Waals surface area contributed by atoms with Crippen LogP contribution in [0, 0.1) is 18.8 Å². The van der Waals surface area contributed by atoms with Crippen LogP contribution in [0.3, 0.4) is 0 Å². The minimum Gasteiger partial charge on any atom is -0.508 e. The Kier molecular flexibility index (Phi) is 16.2. The van der Waals surface area contributed by atoms with E-state index in [1.54, 1.807) is 12.1 Å². The Bertz CT molecular complexity index is 337. The first-order chi connectivity index (χ1) is 11.1. The summed E-state index contributed by atoms with van der Waals surface area (Å²) in [6.07, 6.45) is 4.03. The number of benzene rings is 1. The number of phenols is 1. The summed E-state index contributed by atoms with van der Waals surface area (Å²) in [4.78, 5) is 0. The van der Waals surface area contributed by atoms with Gasteiger partial charge in [0.25, 0.3) is 0 Å². The van der Waals surface area contributed by atoms with Gasteiger partial charge in [0.15, 0.2) is 0 Å². The van der Waals surface area contributed by atoms with E-state index in [0.717, 1.165) is 31.6 Å². The van der Waals surface area contributed by atoms with Crippen LogP contribution >= 0.6 is 0 Å². The Labute approximate surface area is 150 Å². The molecule has 142 valence electrons. The molecule has 4 N–H and O–H groups in total. The van der Waals surface area contributed by atoms with Crippen LogP contribution in [0.25, 0.3) is 0 Å². The van der Waals surface area contributed by atoms with E-state index in [9.17, 15) is 0 Å². The van der Waals surface area contributed by atoms with Crippen molar-refractivity contribution in [3.05, 3.63) is 29.8 Å². The second-order valence-corrected chi connectivity index (χ2v) is 7.33. The van der Waals surface area contributed by atoms with Gasteiger partial charge in [0.1, 0.15) is 5.75 Å². The minimum absolute atomic E-state index is 0.0741. The van der Waals surface area contributed by atoms with Gasteiger partial charge in [0.05, 0.1) is 6.10 Å². The third-order valence-electron chi connectivity index (χ3n) is 3.55. The molecule has 24 heavy (non-hydrogen) atoms. The molecule has 0 heterocycles. The standard InChI is InChI=1S/C7H17N.C7H8O.C7H16O/c1-4-7(8)5-6(2)3;1-6-2-4-7(8)5-3-6;1-4-7(8)5-6(2)3/h6-7H,4-5,8H2,1-3H3;2-5,8H,1H3;6-8H,4-5H2,1-3H3. The lowest BCUT2D eigenvalue weighted by molar-refractivity contribution is 0.145. The SMILES string of the molecule is CCC(N)CC(C)C.CCC(O)CC(C)C.Cc1ccc(O)cc1. The molecule has 2 unspecified atom stereocenters. The molecule has 1 aromatic carbocycles. The van der Waals surface area contributed by atoms with Crippen molar-refractivity contribution < 1.29 is 10.2 Å². The van der Waals surface area contributed by atoms with Gasteiger partial charge >= 0.3 is 0 Å². The van der Waals surface area contributed by atoms with E-state index in [4.69, 9.17) is 15.9 Å². The van der Waals surface area contributed by atoms with Crippen molar-refractivity contribution in [2.45, 2.75) is 86.3 Å². The van der Waals surface area contributed by atoms with Crippen molar-refractivity contribution in [2.75, 3.05) is 0 Å². The molecule has 0 bridgehead atoms. The lowest BCUT2D eigenvalue weighted by Crippen LogP contribution is -2.20. The molecule has 0 radical (unpaired) electrons. The number of aromatic hydroxyl groups is 1. The normalized spacial score (nSPS) is 12.8. The Morgan fingerprint density at radius 2 is 1.33 bits per heavy atom. The maximum atomic E-state index is 9.03. The van der Waals surface area contributed by atoms with Crippen LogP contribution in [-0.4, -0.2) is 22.4 Å². The summed E-state index contributed by atoms with van der Waals surface area (Å²) in [6, 6.07) is 7.52. The average Bonchev–Trinajstić information content (AvgIpc) is 2.50. The van der Waals surface area contributed by atoms with E-state index in [-0.39, 0.29) is 6.10 Å². The smallest absolute Gasteiger partial charge is 0.115 e. The number of aliphatic hydroxyl groups excluding tert-OH is 1. The molecular formula is C21H41NO2. The zero-order valence-electron chi connectivity index (χ0n) is 16.9. The van der Waals surface area contributed by atoms with E-state index >= 15 is 0 Å². The van der Waals surface area contributed by atoms with E-state index in [2.05, 4.69) is 34.6 Å². The highest BCUT2D eigenvalue weighted by atomic mass is 16.3. The van der Waals surface area contributed by atoms with Crippen molar-refractivity contribution >= 4 is 0 Å². The van der Waals surface area contributed by atoms with Crippen molar-refractivity contribution in [2.24, 2.45) is 17.6 Å². The van der Waals surface area contributed by atoms with Crippen LogP contribution in [-0.2, 0) is 0 Å². The lowest BCUT2D eigenvalue weighted by Gasteiger charge is -2.09. The van der Waals surface area contributed by atoms with Crippen LogP contribution in [0.2, 0.25) is 0 Å². The molecule has 0 amide bonds. The molecule has 1 aromatic rings. The van der Waals surface area contributed by atoms with E-state index < -0.39 is 0 Å². The monoisotopic (exact) mass is 339 g/mol. The third kappa shape index (κ3) is 19.0. The highest BCUT2D eigenvalue weighted by molar-refractivity contribution is 5.24. The molecule has 0 fully saturated rings. The molecule has 0 saturated carbocycles. The van der Waals surface area contributed by atoms with E-state index in [1.165, 1.54) is 5.56 Å². The van der Waals surface area contributed by atoms with Gasteiger partial charge in [-0.3, -0.25) is 0 Å². The predicted molar refractivity (Wildman–Crippen MR) is 106 cm³/mol. The van der Waals surface area contributed by atoms with Crippen LogP contribution in [0.15, 0.2) is 24.3 Å². The zero-order valence-corrected chi connectivity index (χ0v) is 16.9. The molecule has 0 spiro atoms. The zero-order chi connectivity index (χ0) is 19.1. The van der Waals surface area contributed by atoms with Crippen LogP contribution in [0.1, 0.15) is 72.8 Å². The highest BCUT2D eigenvalue weighted by Gasteiger charge is 2.02. The molecule has 2 atom stereocenters. The summed E-state index contributed by atoms with van der Waals surface area (Å²) < 4.78 is 0. The first-order valence-corrected chi connectivity index (χ1v) is 9.31. The van der Waals surface area contributed by atoms with Crippen molar-refractivity contribution in [3.8, 4) is 5.75 Å². The number of phenolic OH excluding ortho intramolecular Hbond substituents is 1. The fraction of sp³-hybridized carbons (Fsp3) is 0.714. The van der Waals surface area contributed by atoms with Gasteiger partial charge < -0.3 is 15.9 Å². The molecule has 0 saturated heterocycles. The first kappa shape index (κ1) is 25.2. The quantitative estimate of drug-likeness (QED) is 0.661. The highest BCUT2D eigenvalue weighted by Crippen LogP contribution is 2.07. The third-order valence-corrected chi connectivity index (χ3v) is 3.55. The van der Waals surface area contributed by atoms with Gasteiger partial charge in [-0.05, 0) is 56.6 Å². The van der Waals surface area contributed by atoms with Crippen LogP contribution in [0.4, 0.5) is 0 Å². The second kappa shape index (κ2) is 15.5. The molecule has 3 nitrogen and oxygen atoms in total. The van der Waals surface area contributed by atoms with Gasteiger partial charge in [-0.15, -0.1) is 0 Å². The van der Waals surface area contributed by atoms with E-state index in [0.29, 0.717) is 17.7 Å². The summed E-state index contributed by atoms with van der Waals surface area (Å²) in [5, 5.41) is 17.8.